The van der Waals surface area contributed by atoms with Gasteiger partial charge in [-0.1, -0.05) is 51.1 Å². The molecule has 0 unspecified atom stereocenters. The van der Waals surface area contributed by atoms with Gasteiger partial charge in [0.2, 0.25) is 0 Å². The zero-order valence-corrected chi connectivity index (χ0v) is 12.0. The van der Waals surface area contributed by atoms with E-state index in [1.807, 2.05) is 51.1 Å². The molecule has 0 aromatic heterocycles. The van der Waals surface area contributed by atoms with Gasteiger partial charge in [-0.15, -0.1) is 0 Å². The summed E-state index contributed by atoms with van der Waals surface area (Å²) in [6, 6.07) is 9.96. The second-order valence-corrected chi connectivity index (χ2v) is 4.30. The fourth-order valence-electron chi connectivity index (χ4n) is 1.79. The van der Waals surface area contributed by atoms with Crippen molar-refractivity contribution in [2.45, 2.75) is 53.1 Å². The van der Waals surface area contributed by atoms with Crippen molar-refractivity contribution >= 4 is 5.78 Å². The molecule has 0 aliphatic rings. The van der Waals surface area contributed by atoms with Crippen molar-refractivity contribution in [1.29, 1.82) is 0 Å². The molecule has 0 saturated heterocycles. The third-order valence-electron chi connectivity index (χ3n) is 2.93. The second-order valence-electron chi connectivity index (χ2n) is 4.30. The molecule has 0 amide bonds. The first-order valence-corrected chi connectivity index (χ1v) is 6.86. The topological polar surface area (TPSA) is 37.3 Å². The molecule has 0 saturated carbocycles. The summed E-state index contributed by atoms with van der Waals surface area (Å²) in [5.41, 5.74) is 1.16. The van der Waals surface area contributed by atoms with Gasteiger partial charge in [-0.2, -0.15) is 0 Å². The van der Waals surface area contributed by atoms with Crippen LogP contribution in [-0.2, 0) is 11.2 Å². The van der Waals surface area contributed by atoms with Gasteiger partial charge in [0.15, 0.2) is 0 Å². The highest BCUT2D eigenvalue weighted by molar-refractivity contribution is 5.78. The summed E-state index contributed by atoms with van der Waals surface area (Å²) in [7, 11) is 0. The van der Waals surface area contributed by atoms with Crippen LogP contribution in [-0.4, -0.2) is 17.0 Å². The third kappa shape index (κ3) is 6.55. The second kappa shape index (κ2) is 9.84. The van der Waals surface area contributed by atoms with E-state index in [2.05, 4.69) is 0 Å². The Bertz CT molecular complexity index is 319. The standard InChI is InChI=1S/C14H20O2.C2H6/c1-3-14(16)10-13(11(2)15)9-12-7-5-4-6-8-12;1-2/h4-8,13-14,16H,3,9-10H2,1-2H3;1-2H3/t13-,14-;/m1./s1. The van der Waals surface area contributed by atoms with Crippen molar-refractivity contribution in [1.82, 2.24) is 0 Å². The fraction of sp³-hybridized carbons (Fsp3) is 0.562. The molecule has 0 aliphatic carbocycles. The van der Waals surface area contributed by atoms with Crippen LogP contribution in [0.4, 0.5) is 0 Å². The van der Waals surface area contributed by atoms with E-state index >= 15 is 0 Å². The van der Waals surface area contributed by atoms with Gasteiger partial charge in [0.25, 0.3) is 0 Å². The highest BCUT2D eigenvalue weighted by atomic mass is 16.3. The number of hydrogen-bond donors (Lipinski definition) is 1. The number of hydrogen-bond acceptors (Lipinski definition) is 2. The van der Waals surface area contributed by atoms with Crippen molar-refractivity contribution < 1.29 is 9.90 Å². The number of rotatable bonds is 6. The summed E-state index contributed by atoms with van der Waals surface area (Å²) in [4.78, 5) is 11.5. The molecule has 0 aliphatic heterocycles. The Kier molecular flexibility index (Phi) is 9.21. The molecule has 2 heteroatoms. The lowest BCUT2D eigenvalue weighted by molar-refractivity contribution is -0.121. The quantitative estimate of drug-likeness (QED) is 0.837. The van der Waals surface area contributed by atoms with Crippen molar-refractivity contribution in [3.8, 4) is 0 Å². The Labute approximate surface area is 111 Å². The van der Waals surface area contributed by atoms with Gasteiger partial charge in [0.1, 0.15) is 5.78 Å². The summed E-state index contributed by atoms with van der Waals surface area (Å²) in [6.45, 7) is 7.54. The number of benzene rings is 1. The molecule has 1 aromatic carbocycles. The van der Waals surface area contributed by atoms with Gasteiger partial charge in [0.05, 0.1) is 6.10 Å². The summed E-state index contributed by atoms with van der Waals surface area (Å²) in [5.74, 6) is 0.105. The van der Waals surface area contributed by atoms with Crippen molar-refractivity contribution in [3.63, 3.8) is 0 Å². The molecule has 102 valence electrons. The Balaban J connectivity index is 0.00000137. The summed E-state index contributed by atoms with van der Waals surface area (Å²) in [6.07, 6.45) is 1.64. The lowest BCUT2D eigenvalue weighted by atomic mass is 9.90. The van der Waals surface area contributed by atoms with Crippen LogP contribution >= 0.6 is 0 Å². The van der Waals surface area contributed by atoms with E-state index in [-0.39, 0.29) is 17.8 Å². The number of Topliss-reactive ketones (excluding diaryl/α,β-unsaturated/α-hetero) is 1. The molecule has 1 rings (SSSR count). The first-order valence-electron chi connectivity index (χ1n) is 6.86. The van der Waals surface area contributed by atoms with Gasteiger partial charge in [0, 0.05) is 5.92 Å². The summed E-state index contributed by atoms with van der Waals surface area (Å²) < 4.78 is 0. The SMILES string of the molecule is CC.CC[C@@H](O)C[C@@H](Cc1ccccc1)C(C)=O. The molecular weight excluding hydrogens is 224 g/mol. The predicted octanol–water partition coefficient (Wildman–Crippen LogP) is 3.62. The first kappa shape index (κ1) is 16.9. The Morgan fingerprint density at radius 2 is 1.78 bits per heavy atom. The van der Waals surface area contributed by atoms with Crippen LogP contribution < -0.4 is 0 Å². The van der Waals surface area contributed by atoms with Gasteiger partial charge in [-0.3, -0.25) is 4.79 Å². The van der Waals surface area contributed by atoms with Gasteiger partial charge < -0.3 is 5.11 Å². The highest BCUT2D eigenvalue weighted by Gasteiger charge is 2.18. The van der Waals surface area contributed by atoms with E-state index in [0.717, 1.165) is 12.0 Å². The first-order chi connectivity index (χ1) is 8.63. The average molecular weight is 250 g/mol. The van der Waals surface area contributed by atoms with Crippen LogP contribution in [0.15, 0.2) is 30.3 Å². The van der Waals surface area contributed by atoms with E-state index < -0.39 is 0 Å². The fourth-order valence-corrected chi connectivity index (χ4v) is 1.79. The van der Waals surface area contributed by atoms with E-state index in [1.165, 1.54) is 0 Å². The molecule has 2 atom stereocenters. The molecule has 0 bridgehead atoms. The van der Waals surface area contributed by atoms with Crippen LogP contribution in [0.3, 0.4) is 0 Å². The molecule has 0 spiro atoms. The predicted molar refractivity (Wildman–Crippen MR) is 76.6 cm³/mol. The minimum atomic E-state index is -0.363. The zero-order valence-electron chi connectivity index (χ0n) is 12.0. The number of aliphatic hydroxyl groups is 1. The number of aliphatic hydroxyl groups excluding tert-OH is 1. The molecule has 0 fully saturated rings. The van der Waals surface area contributed by atoms with Gasteiger partial charge in [-0.05, 0) is 31.7 Å². The Morgan fingerprint density at radius 1 is 1.22 bits per heavy atom. The van der Waals surface area contributed by atoms with Crippen LogP contribution in [0.25, 0.3) is 0 Å². The monoisotopic (exact) mass is 250 g/mol. The van der Waals surface area contributed by atoms with Crippen molar-refractivity contribution in [2.24, 2.45) is 5.92 Å². The largest absolute Gasteiger partial charge is 0.393 e. The van der Waals surface area contributed by atoms with Crippen molar-refractivity contribution in [3.05, 3.63) is 35.9 Å². The molecule has 2 nitrogen and oxygen atoms in total. The average Bonchev–Trinajstić information content (AvgIpc) is 2.41. The highest BCUT2D eigenvalue weighted by Crippen LogP contribution is 2.16. The molecule has 0 heterocycles. The van der Waals surface area contributed by atoms with Crippen LogP contribution in [0.5, 0.6) is 0 Å². The van der Waals surface area contributed by atoms with Gasteiger partial charge >= 0.3 is 0 Å². The molecule has 1 aromatic rings. The molecular formula is C16H26O2. The maximum atomic E-state index is 11.5. The maximum Gasteiger partial charge on any atom is 0.133 e. The summed E-state index contributed by atoms with van der Waals surface area (Å²) >= 11 is 0. The number of carbonyl (C=O) groups excluding carboxylic acids is 1. The zero-order chi connectivity index (χ0) is 14.0. The number of ketones is 1. The van der Waals surface area contributed by atoms with Crippen molar-refractivity contribution in [2.75, 3.05) is 0 Å². The third-order valence-corrected chi connectivity index (χ3v) is 2.93. The van der Waals surface area contributed by atoms with Crippen LogP contribution in [0.2, 0.25) is 0 Å². The van der Waals surface area contributed by atoms with Gasteiger partial charge in [-0.25, -0.2) is 0 Å². The minimum absolute atomic E-state index is 0.0580. The van der Waals surface area contributed by atoms with E-state index in [1.54, 1.807) is 6.92 Å². The van der Waals surface area contributed by atoms with E-state index in [0.29, 0.717) is 12.8 Å². The smallest absolute Gasteiger partial charge is 0.133 e. The van der Waals surface area contributed by atoms with E-state index in [4.69, 9.17) is 0 Å². The molecule has 0 radical (unpaired) electrons. The van der Waals surface area contributed by atoms with E-state index in [9.17, 15) is 9.90 Å². The van der Waals surface area contributed by atoms with Crippen LogP contribution in [0, 0.1) is 5.92 Å². The Hall–Kier alpha value is -1.15. The minimum Gasteiger partial charge on any atom is -0.393 e. The normalized spacial score (nSPS) is 13.2. The lowest BCUT2D eigenvalue weighted by Gasteiger charge is -2.17. The lowest BCUT2D eigenvalue weighted by Crippen LogP contribution is -2.20. The number of carbonyl (C=O) groups is 1. The Morgan fingerprint density at radius 3 is 2.22 bits per heavy atom. The molecule has 1 N–H and O–H groups in total. The van der Waals surface area contributed by atoms with Crippen LogP contribution in [0.1, 0.15) is 46.1 Å². The maximum absolute atomic E-state index is 11.5. The molecule has 18 heavy (non-hydrogen) atoms. The summed E-state index contributed by atoms with van der Waals surface area (Å²) in [5, 5.41) is 9.60.